The van der Waals surface area contributed by atoms with Crippen LogP contribution in [0.3, 0.4) is 0 Å². The smallest absolute Gasteiger partial charge is 0.339 e. The van der Waals surface area contributed by atoms with Crippen molar-refractivity contribution >= 4 is 44.0 Å². The fourth-order valence-electron chi connectivity index (χ4n) is 3.35. The number of primary amides is 1. The molecule has 2 amide bonds. The van der Waals surface area contributed by atoms with Crippen LogP contribution in [0.4, 0.5) is 5.00 Å². The summed E-state index contributed by atoms with van der Waals surface area (Å²) in [5.74, 6) is -2.34. The van der Waals surface area contributed by atoms with Crippen molar-refractivity contribution in [3.05, 3.63) is 45.8 Å². The SMILES string of the molecule is CCS(=O)(=O)c1ccccc1C(=O)OCC(=O)Nc1sc2c(c1C(N)=O)CCCC2. The molecule has 3 rings (SSSR count). The second-order valence-corrected chi connectivity index (χ2v) is 10.2. The predicted octanol–water partition coefficient (Wildman–Crippen LogP) is 2.31. The maximum atomic E-state index is 12.4. The summed E-state index contributed by atoms with van der Waals surface area (Å²) in [7, 11) is -3.63. The third kappa shape index (κ3) is 4.54. The molecule has 0 saturated heterocycles. The topological polar surface area (TPSA) is 133 Å². The molecule has 1 heterocycles. The Morgan fingerprint density at radius 3 is 2.57 bits per heavy atom. The van der Waals surface area contributed by atoms with E-state index in [2.05, 4.69) is 5.32 Å². The second kappa shape index (κ2) is 8.97. The number of fused-ring (bicyclic) bond motifs is 1. The Morgan fingerprint density at radius 2 is 1.87 bits per heavy atom. The van der Waals surface area contributed by atoms with Gasteiger partial charge < -0.3 is 15.8 Å². The van der Waals surface area contributed by atoms with Gasteiger partial charge in [0.2, 0.25) is 0 Å². The van der Waals surface area contributed by atoms with Gasteiger partial charge in [0.05, 0.1) is 21.8 Å². The number of anilines is 1. The van der Waals surface area contributed by atoms with Gasteiger partial charge in [0.1, 0.15) is 5.00 Å². The van der Waals surface area contributed by atoms with Gasteiger partial charge in [-0.2, -0.15) is 0 Å². The zero-order valence-corrected chi connectivity index (χ0v) is 18.0. The summed E-state index contributed by atoms with van der Waals surface area (Å²) < 4.78 is 29.4. The molecule has 2 aromatic rings. The molecule has 3 N–H and O–H groups in total. The van der Waals surface area contributed by atoms with Crippen LogP contribution in [-0.2, 0) is 32.2 Å². The van der Waals surface area contributed by atoms with Crippen molar-refractivity contribution in [3.8, 4) is 0 Å². The number of hydrogen-bond donors (Lipinski definition) is 2. The van der Waals surface area contributed by atoms with Crippen LogP contribution in [0.15, 0.2) is 29.2 Å². The Hall–Kier alpha value is -2.72. The highest BCUT2D eigenvalue weighted by Crippen LogP contribution is 2.37. The number of ether oxygens (including phenoxy) is 1. The van der Waals surface area contributed by atoms with Gasteiger partial charge in [-0.05, 0) is 43.4 Å². The first kappa shape index (κ1) is 22.0. The maximum Gasteiger partial charge on any atom is 0.339 e. The van der Waals surface area contributed by atoms with Gasteiger partial charge in [0.15, 0.2) is 16.4 Å². The average molecular weight is 451 g/mol. The molecule has 0 fully saturated rings. The van der Waals surface area contributed by atoms with Gasteiger partial charge >= 0.3 is 5.97 Å². The van der Waals surface area contributed by atoms with Crippen LogP contribution in [-0.4, -0.2) is 38.6 Å². The van der Waals surface area contributed by atoms with Crippen molar-refractivity contribution in [2.45, 2.75) is 37.5 Å². The monoisotopic (exact) mass is 450 g/mol. The summed E-state index contributed by atoms with van der Waals surface area (Å²) in [6.07, 6.45) is 3.53. The molecule has 10 heteroatoms. The molecule has 160 valence electrons. The van der Waals surface area contributed by atoms with E-state index >= 15 is 0 Å². The lowest BCUT2D eigenvalue weighted by molar-refractivity contribution is -0.119. The molecule has 1 aromatic carbocycles. The fraction of sp³-hybridized carbons (Fsp3) is 0.350. The van der Waals surface area contributed by atoms with E-state index in [4.69, 9.17) is 10.5 Å². The van der Waals surface area contributed by atoms with Gasteiger partial charge in [-0.1, -0.05) is 19.1 Å². The Bertz CT molecular complexity index is 1100. The molecule has 0 aliphatic heterocycles. The van der Waals surface area contributed by atoms with Crippen LogP contribution >= 0.6 is 11.3 Å². The molecule has 0 atom stereocenters. The highest BCUT2D eigenvalue weighted by atomic mass is 32.2. The summed E-state index contributed by atoms with van der Waals surface area (Å²) >= 11 is 1.31. The minimum Gasteiger partial charge on any atom is -0.452 e. The number of aryl methyl sites for hydroxylation is 1. The standard InChI is InChI=1S/C20H22N2O6S2/c1-2-30(26,27)15-10-6-4-8-13(15)20(25)28-11-16(23)22-19-17(18(21)24)12-7-3-5-9-14(12)29-19/h4,6,8,10H,2-3,5,7,9,11H2,1H3,(H2,21,24)(H,22,23). The highest BCUT2D eigenvalue weighted by molar-refractivity contribution is 7.91. The van der Waals surface area contributed by atoms with Crippen molar-refractivity contribution in [1.82, 2.24) is 0 Å². The zero-order chi connectivity index (χ0) is 21.9. The van der Waals surface area contributed by atoms with E-state index in [-0.39, 0.29) is 16.2 Å². The van der Waals surface area contributed by atoms with E-state index in [1.165, 1.54) is 42.5 Å². The van der Waals surface area contributed by atoms with Crippen LogP contribution in [0.1, 0.15) is 50.9 Å². The summed E-state index contributed by atoms with van der Waals surface area (Å²) in [6.45, 7) is 0.849. The van der Waals surface area contributed by atoms with Gasteiger partial charge in [-0.3, -0.25) is 9.59 Å². The number of esters is 1. The summed E-state index contributed by atoms with van der Waals surface area (Å²) in [5.41, 5.74) is 6.57. The molecule has 30 heavy (non-hydrogen) atoms. The van der Waals surface area contributed by atoms with Gasteiger partial charge in [-0.25, -0.2) is 13.2 Å². The molecule has 0 bridgehead atoms. The number of thiophene rings is 1. The lowest BCUT2D eigenvalue weighted by Crippen LogP contribution is -2.23. The molecule has 0 radical (unpaired) electrons. The Labute approximate surface area is 178 Å². The van der Waals surface area contributed by atoms with Crippen molar-refractivity contribution in [1.29, 1.82) is 0 Å². The predicted molar refractivity (Wildman–Crippen MR) is 113 cm³/mol. The number of carbonyl (C=O) groups is 3. The van der Waals surface area contributed by atoms with Gasteiger partial charge in [0, 0.05) is 4.88 Å². The lowest BCUT2D eigenvalue weighted by Gasteiger charge is -2.11. The number of amides is 2. The van der Waals surface area contributed by atoms with E-state index in [1.54, 1.807) is 0 Å². The summed E-state index contributed by atoms with van der Waals surface area (Å²) in [5, 5.41) is 2.95. The van der Waals surface area contributed by atoms with Crippen LogP contribution < -0.4 is 11.1 Å². The first-order valence-corrected chi connectivity index (χ1v) is 11.9. The van der Waals surface area contributed by atoms with E-state index in [1.807, 2.05) is 0 Å². The minimum absolute atomic E-state index is 0.128. The second-order valence-electron chi connectivity index (χ2n) is 6.80. The molecule has 0 spiro atoms. The molecular weight excluding hydrogens is 428 g/mol. The largest absolute Gasteiger partial charge is 0.452 e. The number of benzene rings is 1. The van der Waals surface area contributed by atoms with Crippen molar-refractivity contribution in [2.75, 3.05) is 17.7 Å². The fourth-order valence-corrected chi connectivity index (χ4v) is 5.74. The van der Waals surface area contributed by atoms with Crippen molar-refractivity contribution in [2.24, 2.45) is 5.73 Å². The van der Waals surface area contributed by atoms with E-state index in [0.717, 1.165) is 36.1 Å². The molecule has 0 saturated carbocycles. The molecule has 1 aromatic heterocycles. The number of nitrogens with two attached hydrogens (primary N) is 1. The number of rotatable bonds is 7. The lowest BCUT2D eigenvalue weighted by atomic mass is 9.95. The number of sulfone groups is 1. The van der Waals surface area contributed by atoms with E-state index in [9.17, 15) is 22.8 Å². The Balaban J connectivity index is 1.72. The Morgan fingerprint density at radius 1 is 1.17 bits per heavy atom. The van der Waals surface area contributed by atoms with Crippen molar-refractivity contribution < 1.29 is 27.5 Å². The zero-order valence-electron chi connectivity index (χ0n) is 16.4. The summed E-state index contributed by atoms with van der Waals surface area (Å²) in [6, 6.07) is 5.68. The number of nitrogens with one attached hydrogen (secondary N) is 1. The first-order valence-electron chi connectivity index (χ1n) is 9.47. The van der Waals surface area contributed by atoms with Crippen LogP contribution in [0.5, 0.6) is 0 Å². The normalized spacial score (nSPS) is 13.4. The third-order valence-corrected chi connectivity index (χ3v) is 7.82. The molecular formula is C20H22N2O6S2. The van der Waals surface area contributed by atoms with Crippen molar-refractivity contribution in [3.63, 3.8) is 0 Å². The highest BCUT2D eigenvalue weighted by Gasteiger charge is 2.26. The molecule has 1 aliphatic carbocycles. The van der Waals surface area contributed by atoms with Gasteiger partial charge in [-0.15, -0.1) is 11.3 Å². The Kier molecular flexibility index (Phi) is 6.57. The van der Waals surface area contributed by atoms with E-state index < -0.39 is 34.2 Å². The molecule has 1 aliphatic rings. The van der Waals surface area contributed by atoms with Crippen LogP contribution in [0.2, 0.25) is 0 Å². The minimum atomic E-state index is -3.63. The van der Waals surface area contributed by atoms with Crippen LogP contribution in [0, 0.1) is 0 Å². The van der Waals surface area contributed by atoms with Crippen LogP contribution in [0.25, 0.3) is 0 Å². The molecule has 0 unspecified atom stereocenters. The van der Waals surface area contributed by atoms with E-state index in [0.29, 0.717) is 10.6 Å². The average Bonchev–Trinajstić information content (AvgIpc) is 3.09. The number of carbonyl (C=O) groups excluding carboxylic acids is 3. The summed E-state index contributed by atoms with van der Waals surface area (Å²) in [4.78, 5) is 37.5. The molecule has 8 nitrogen and oxygen atoms in total. The van der Waals surface area contributed by atoms with Gasteiger partial charge in [0.25, 0.3) is 11.8 Å². The first-order chi connectivity index (χ1) is 14.2. The number of hydrogen-bond acceptors (Lipinski definition) is 7. The maximum absolute atomic E-state index is 12.4. The quantitative estimate of drug-likeness (QED) is 0.622. The third-order valence-electron chi connectivity index (χ3n) is 4.83.